The molecule has 0 bridgehead atoms. The van der Waals surface area contributed by atoms with Crippen LogP contribution in [-0.2, 0) is 4.79 Å². The molecule has 0 aliphatic heterocycles. The van der Waals surface area contributed by atoms with Gasteiger partial charge in [-0.3, -0.25) is 4.79 Å². The average molecular weight is 428 g/mol. The molecule has 2 N–H and O–H groups in total. The maximum Gasteiger partial charge on any atom is 0.147 e. The molecular formula is C17H16Br2O3. The molecule has 0 aromatic heterocycles. The molecule has 2 rings (SSSR count). The summed E-state index contributed by atoms with van der Waals surface area (Å²) in [7, 11) is 0. The molecule has 0 spiro atoms. The molecule has 0 amide bonds. The van der Waals surface area contributed by atoms with Gasteiger partial charge in [-0.2, -0.15) is 0 Å². The van der Waals surface area contributed by atoms with Crippen LogP contribution in [0.15, 0.2) is 45.3 Å². The Balaban J connectivity index is 2.34. The lowest BCUT2D eigenvalue weighted by atomic mass is 9.85. The largest absolute Gasteiger partial charge is 0.506 e. The topological polar surface area (TPSA) is 57.5 Å². The molecule has 22 heavy (non-hydrogen) atoms. The zero-order valence-electron chi connectivity index (χ0n) is 12.2. The number of Topliss-reactive ketones (excluding diaryl/α,β-unsaturated/α-hetero) is 1. The van der Waals surface area contributed by atoms with Crippen LogP contribution in [0.25, 0.3) is 0 Å². The molecule has 0 heterocycles. The normalized spacial score (nSPS) is 13.6. The molecule has 5 heteroatoms. The summed E-state index contributed by atoms with van der Waals surface area (Å²) < 4.78 is 1.12. The van der Waals surface area contributed by atoms with E-state index in [9.17, 15) is 15.0 Å². The van der Waals surface area contributed by atoms with Crippen molar-refractivity contribution >= 4 is 37.6 Å². The number of phenolic OH excluding ortho intramolecular Hbond substituents is 2. The van der Waals surface area contributed by atoms with Gasteiger partial charge in [0.2, 0.25) is 0 Å². The number of carbonyl (C=O) groups excluding carboxylic acids is 1. The van der Waals surface area contributed by atoms with Crippen LogP contribution in [-0.4, -0.2) is 16.0 Å². The van der Waals surface area contributed by atoms with E-state index in [1.807, 2.05) is 0 Å². The quantitative estimate of drug-likeness (QED) is 0.713. The molecule has 116 valence electrons. The number of para-hydroxylation sites is 2. The summed E-state index contributed by atoms with van der Waals surface area (Å²) in [5.74, 6) is -0.874. The second-order valence-corrected chi connectivity index (χ2v) is 6.91. The molecule has 2 atom stereocenters. The van der Waals surface area contributed by atoms with Crippen molar-refractivity contribution in [3.63, 3.8) is 0 Å². The molecule has 2 aromatic carbocycles. The van der Waals surface area contributed by atoms with E-state index >= 15 is 0 Å². The van der Waals surface area contributed by atoms with Crippen LogP contribution < -0.4 is 0 Å². The van der Waals surface area contributed by atoms with Crippen molar-refractivity contribution in [2.45, 2.75) is 25.7 Å². The third-order valence-corrected chi connectivity index (χ3v) is 5.10. The van der Waals surface area contributed by atoms with Crippen molar-refractivity contribution in [2.75, 3.05) is 0 Å². The fraction of sp³-hybridized carbons (Fsp3) is 0.235. The predicted octanol–water partition coefficient (Wildman–Crippen LogP) is 5.10. The van der Waals surface area contributed by atoms with Gasteiger partial charge in [-0.05, 0) is 44.0 Å². The molecule has 0 saturated carbocycles. The second kappa shape index (κ2) is 6.84. The smallest absolute Gasteiger partial charge is 0.147 e. The Kier molecular flexibility index (Phi) is 5.29. The average Bonchev–Trinajstić information content (AvgIpc) is 2.50. The number of aromatic hydroxyl groups is 2. The van der Waals surface area contributed by atoms with Gasteiger partial charge in [0.1, 0.15) is 17.3 Å². The second-order valence-electron chi connectivity index (χ2n) is 5.20. The lowest BCUT2D eigenvalue weighted by Gasteiger charge is -2.19. The first-order valence-electron chi connectivity index (χ1n) is 6.83. The number of hydrogen-bond acceptors (Lipinski definition) is 3. The summed E-state index contributed by atoms with van der Waals surface area (Å²) in [5.41, 5.74) is 1.14. The lowest BCUT2D eigenvalue weighted by Crippen LogP contribution is -2.17. The van der Waals surface area contributed by atoms with Gasteiger partial charge >= 0.3 is 0 Å². The van der Waals surface area contributed by atoms with Crippen molar-refractivity contribution in [3.05, 3.63) is 56.5 Å². The van der Waals surface area contributed by atoms with E-state index in [0.717, 1.165) is 0 Å². The van der Waals surface area contributed by atoms with Crippen molar-refractivity contribution in [1.82, 2.24) is 0 Å². The van der Waals surface area contributed by atoms with Crippen LogP contribution in [0.1, 0.15) is 36.8 Å². The monoisotopic (exact) mass is 426 g/mol. The van der Waals surface area contributed by atoms with Crippen LogP contribution >= 0.6 is 31.9 Å². The third kappa shape index (κ3) is 3.20. The molecule has 2 aromatic rings. The molecule has 3 nitrogen and oxygen atoms in total. The summed E-state index contributed by atoms with van der Waals surface area (Å²) in [5, 5.41) is 20.2. The number of rotatable bonds is 4. The summed E-state index contributed by atoms with van der Waals surface area (Å²) in [4.78, 5) is 12.7. The number of hydrogen-bond donors (Lipinski definition) is 2. The minimum atomic E-state index is -0.481. The zero-order valence-corrected chi connectivity index (χ0v) is 15.3. The van der Waals surface area contributed by atoms with Crippen molar-refractivity contribution in [2.24, 2.45) is 0 Å². The molecule has 0 aliphatic carbocycles. The maximum absolute atomic E-state index is 12.7. The van der Waals surface area contributed by atoms with Crippen LogP contribution in [0, 0.1) is 0 Å². The summed E-state index contributed by atoms with van der Waals surface area (Å²) in [6.45, 7) is 3.52. The highest BCUT2D eigenvalue weighted by Crippen LogP contribution is 2.38. The van der Waals surface area contributed by atoms with Gasteiger partial charge in [-0.15, -0.1) is 0 Å². The Hall–Kier alpha value is -1.33. The van der Waals surface area contributed by atoms with E-state index in [4.69, 9.17) is 0 Å². The van der Waals surface area contributed by atoms with E-state index in [1.54, 1.807) is 50.2 Å². The SMILES string of the molecule is CC(C(=O)C(C)c1cccc(Br)c1O)c1cccc(Br)c1O. The molecular weight excluding hydrogens is 412 g/mol. The fourth-order valence-corrected chi connectivity index (χ4v) is 3.21. The molecule has 0 radical (unpaired) electrons. The Morgan fingerprint density at radius 3 is 1.59 bits per heavy atom. The molecule has 2 unspecified atom stereocenters. The van der Waals surface area contributed by atoms with Crippen molar-refractivity contribution in [3.8, 4) is 11.5 Å². The lowest BCUT2D eigenvalue weighted by molar-refractivity contribution is -0.121. The number of ketones is 1. The van der Waals surface area contributed by atoms with Gasteiger partial charge < -0.3 is 10.2 Å². The summed E-state index contributed by atoms with van der Waals surface area (Å²) >= 11 is 6.52. The number of carbonyl (C=O) groups is 1. The summed E-state index contributed by atoms with van der Waals surface area (Å²) in [6.07, 6.45) is 0. The highest BCUT2D eigenvalue weighted by atomic mass is 79.9. The number of phenols is 2. The van der Waals surface area contributed by atoms with E-state index in [0.29, 0.717) is 20.1 Å². The van der Waals surface area contributed by atoms with E-state index in [2.05, 4.69) is 31.9 Å². The van der Waals surface area contributed by atoms with Gasteiger partial charge in [0.05, 0.1) is 8.95 Å². The Morgan fingerprint density at radius 2 is 1.23 bits per heavy atom. The summed E-state index contributed by atoms with van der Waals surface area (Å²) in [6, 6.07) is 10.5. The first kappa shape index (κ1) is 17.0. The Morgan fingerprint density at radius 1 is 0.864 bits per heavy atom. The highest BCUT2D eigenvalue weighted by molar-refractivity contribution is 9.10. The number of benzene rings is 2. The first-order chi connectivity index (χ1) is 10.3. The van der Waals surface area contributed by atoms with Crippen molar-refractivity contribution in [1.29, 1.82) is 0 Å². The highest BCUT2D eigenvalue weighted by Gasteiger charge is 2.27. The Bertz CT molecular complexity index is 654. The van der Waals surface area contributed by atoms with Crippen molar-refractivity contribution < 1.29 is 15.0 Å². The Labute approximate surface area is 146 Å². The zero-order chi connectivity index (χ0) is 16.4. The van der Waals surface area contributed by atoms with Crippen LogP contribution in [0.4, 0.5) is 0 Å². The molecule has 0 fully saturated rings. The number of halogens is 2. The van der Waals surface area contributed by atoms with E-state index in [-0.39, 0.29) is 17.3 Å². The van der Waals surface area contributed by atoms with E-state index < -0.39 is 11.8 Å². The maximum atomic E-state index is 12.7. The van der Waals surface area contributed by atoms with Gasteiger partial charge in [0.15, 0.2) is 0 Å². The predicted molar refractivity (Wildman–Crippen MR) is 93.5 cm³/mol. The third-order valence-electron chi connectivity index (χ3n) is 3.82. The fourth-order valence-electron chi connectivity index (χ4n) is 2.44. The minimum absolute atomic E-state index is 0.0678. The van der Waals surface area contributed by atoms with Gasteiger partial charge in [0.25, 0.3) is 0 Å². The van der Waals surface area contributed by atoms with Crippen LogP contribution in [0.3, 0.4) is 0 Å². The standard InChI is InChI=1S/C17H16Br2O3/c1-9(11-5-3-7-13(18)16(11)21)15(20)10(2)12-6-4-8-14(19)17(12)22/h3-10,21-22H,1-2H3. The van der Waals surface area contributed by atoms with Gasteiger partial charge in [0, 0.05) is 23.0 Å². The van der Waals surface area contributed by atoms with Crippen LogP contribution in [0.2, 0.25) is 0 Å². The molecule has 0 saturated heterocycles. The van der Waals surface area contributed by atoms with Crippen LogP contribution in [0.5, 0.6) is 11.5 Å². The van der Waals surface area contributed by atoms with Gasteiger partial charge in [-0.1, -0.05) is 38.1 Å². The van der Waals surface area contributed by atoms with E-state index in [1.165, 1.54) is 0 Å². The first-order valence-corrected chi connectivity index (χ1v) is 8.41. The molecule has 0 aliphatic rings. The van der Waals surface area contributed by atoms with Gasteiger partial charge in [-0.25, -0.2) is 0 Å². The minimum Gasteiger partial charge on any atom is -0.506 e.